The van der Waals surface area contributed by atoms with Gasteiger partial charge in [-0.1, -0.05) is 6.92 Å². The zero-order valence-electron chi connectivity index (χ0n) is 11.6. The maximum atomic E-state index is 12.1. The van der Waals surface area contributed by atoms with Gasteiger partial charge in [-0.15, -0.1) is 0 Å². The first-order chi connectivity index (χ1) is 9.42. The van der Waals surface area contributed by atoms with Crippen molar-refractivity contribution in [2.45, 2.75) is 39.8 Å². The average Bonchev–Trinajstić information content (AvgIpc) is 2.38. The van der Waals surface area contributed by atoms with E-state index in [4.69, 9.17) is 0 Å². The number of aromatic nitrogens is 2. The third kappa shape index (κ3) is 3.72. The van der Waals surface area contributed by atoms with Crippen LogP contribution in [0.1, 0.15) is 26.7 Å². The maximum Gasteiger partial charge on any atom is 0.350 e. The normalized spacial score (nSPS) is 12.3. The van der Waals surface area contributed by atoms with Crippen LogP contribution in [0.4, 0.5) is 5.69 Å². The first kappa shape index (κ1) is 16.5. The second-order valence-electron chi connectivity index (χ2n) is 4.70. The predicted molar refractivity (Wildman–Crippen MR) is 79.5 cm³/mol. The van der Waals surface area contributed by atoms with Crippen LogP contribution < -0.4 is 11.2 Å². The van der Waals surface area contributed by atoms with Crippen LogP contribution in [0.5, 0.6) is 0 Å². The molecular formula is C12H19N3O4S. The minimum absolute atomic E-state index is 0.189. The smallest absolute Gasteiger partial charge is 0.294 e. The highest BCUT2D eigenvalue weighted by atomic mass is 32.1. The second kappa shape index (κ2) is 7.28. The molecule has 8 heteroatoms. The van der Waals surface area contributed by atoms with Crippen LogP contribution in [0.15, 0.2) is 15.8 Å². The number of rotatable bonds is 7. The van der Waals surface area contributed by atoms with Gasteiger partial charge in [-0.25, -0.2) is 4.79 Å². The van der Waals surface area contributed by atoms with Crippen LogP contribution in [-0.2, 0) is 13.1 Å². The summed E-state index contributed by atoms with van der Waals surface area (Å²) in [6, 6.07) is 0. The molecule has 0 N–H and O–H groups in total. The second-order valence-corrected chi connectivity index (χ2v) is 5.15. The SMILES string of the molecule is CCn1cc([N+](=O)[O-])c(=O)n(CCC(C)CCS)c1=O. The van der Waals surface area contributed by atoms with Crippen molar-refractivity contribution >= 4 is 18.3 Å². The molecule has 20 heavy (non-hydrogen) atoms. The zero-order chi connectivity index (χ0) is 15.3. The van der Waals surface area contributed by atoms with E-state index in [9.17, 15) is 19.7 Å². The van der Waals surface area contributed by atoms with Gasteiger partial charge in [-0.3, -0.25) is 24.0 Å². The van der Waals surface area contributed by atoms with Crippen molar-refractivity contribution in [1.29, 1.82) is 0 Å². The molecule has 1 aromatic heterocycles. The fourth-order valence-electron chi connectivity index (χ4n) is 1.90. The van der Waals surface area contributed by atoms with Gasteiger partial charge in [0.05, 0.1) is 11.1 Å². The summed E-state index contributed by atoms with van der Waals surface area (Å²) in [5.41, 5.74) is -1.89. The molecule has 0 aliphatic carbocycles. The lowest BCUT2D eigenvalue weighted by molar-refractivity contribution is -0.387. The summed E-state index contributed by atoms with van der Waals surface area (Å²) < 4.78 is 2.14. The van der Waals surface area contributed by atoms with Crippen molar-refractivity contribution < 1.29 is 4.92 Å². The van der Waals surface area contributed by atoms with E-state index in [0.717, 1.165) is 22.9 Å². The van der Waals surface area contributed by atoms with Crippen molar-refractivity contribution in [3.05, 3.63) is 37.1 Å². The summed E-state index contributed by atoms with van der Waals surface area (Å²) in [6.07, 6.45) is 2.49. The molecule has 1 heterocycles. The molecule has 1 aromatic rings. The summed E-state index contributed by atoms with van der Waals surface area (Å²) in [6.45, 7) is 4.17. The molecule has 7 nitrogen and oxygen atoms in total. The molecule has 1 unspecified atom stereocenters. The summed E-state index contributed by atoms with van der Waals surface area (Å²) in [5.74, 6) is 1.03. The fourth-order valence-corrected chi connectivity index (χ4v) is 2.34. The van der Waals surface area contributed by atoms with Crippen LogP contribution in [-0.4, -0.2) is 19.8 Å². The lowest BCUT2D eigenvalue weighted by Gasteiger charge is -2.12. The Bertz CT molecular complexity index is 593. The van der Waals surface area contributed by atoms with Gasteiger partial charge in [-0.05, 0) is 31.4 Å². The molecule has 0 saturated carbocycles. The van der Waals surface area contributed by atoms with E-state index in [0.29, 0.717) is 12.3 Å². The van der Waals surface area contributed by atoms with Crippen LogP contribution in [0.3, 0.4) is 0 Å². The molecular weight excluding hydrogens is 282 g/mol. The minimum atomic E-state index is -0.831. The van der Waals surface area contributed by atoms with Gasteiger partial charge in [-0.2, -0.15) is 12.6 Å². The summed E-state index contributed by atoms with van der Waals surface area (Å²) in [7, 11) is 0. The lowest BCUT2D eigenvalue weighted by Crippen LogP contribution is -2.40. The van der Waals surface area contributed by atoms with E-state index in [-0.39, 0.29) is 13.1 Å². The van der Waals surface area contributed by atoms with Gasteiger partial charge in [0.25, 0.3) is 0 Å². The average molecular weight is 301 g/mol. The van der Waals surface area contributed by atoms with Crippen LogP contribution in [0.2, 0.25) is 0 Å². The van der Waals surface area contributed by atoms with Crippen molar-refractivity contribution in [1.82, 2.24) is 9.13 Å². The largest absolute Gasteiger partial charge is 0.350 e. The Morgan fingerprint density at radius 2 is 2.05 bits per heavy atom. The molecule has 1 atom stereocenters. The number of thiol groups is 1. The summed E-state index contributed by atoms with van der Waals surface area (Å²) in [4.78, 5) is 34.1. The molecule has 0 amide bonds. The van der Waals surface area contributed by atoms with Gasteiger partial charge in [0.2, 0.25) is 0 Å². The van der Waals surface area contributed by atoms with Crippen LogP contribution in [0, 0.1) is 16.0 Å². The van der Waals surface area contributed by atoms with Gasteiger partial charge in [0.1, 0.15) is 0 Å². The maximum absolute atomic E-state index is 12.1. The number of nitrogens with zero attached hydrogens (tertiary/aromatic N) is 3. The monoisotopic (exact) mass is 301 g/mol. The molecule has 0 aliphatic heterocycles. The number of aryl methyl sites for hydroxylation is 1. The predicted octanol–water partition coefficient (Wildman–Crippen LogP) is 1.28. The topological polar surface area (TPSA) is 87.1 Å². The highest BCUT2D eigenvalue weighted by molar-refractivity contribution is 7.80. The first-order valence-electron chi connectivity index (χ1n) is 6.51. The summed E-state index contributed by atoms with van der Waals surface area (Å²) in [5, 5.41) is 10.9. The van der Waals surface area contributed by atoms with E-state index in [2.05, 4.69) is 12.6 Å². The van der Waals surface area contributed by atoms with Gasteiger partial charge in [0, 0.05) is 13.1 Å². The quantitative estimate of drug-likeness (QED) is 0.467. The van der Waals surface area contributed by atoms with Crippen LogP contribution in [0.25, 0.3) is 0 Å². The van der Waals surface area contributed by atoms with Crippen molar-refractivity contribution in [2.24, 2.45) is 5.92 Å². The molecule has 1 rings (SSSR count). The molecule has 0 bridgehead atoms. The van der Waals surface area contributed by atoms with E-state index < -0.39 is 21.9 Å². The zero-order valence-corrected chi connectivity index (χ0v) is 12.5. The van der Waals surface area contributed by atoms with Crippen molar-refractivity contribution in [2.75, 3.05) is 5.75 Å². The first-order valence-corrected chi connectivity index (χ1v) is 7.15. The minimum Gasteiger partial charge on any atom is -0.294 e. The molecule has 0 fully saturated rings. The highest BCUT2D eigenvalue weighted by Crippen LogP contribution is 2.09. The molecule has 0 saturated heterocycles. The van der Waals surface area contributed by atoms with Gasteiger partial charge < -0.3 is 0 Å². The Hall–Kier alpha value is -1.57. The number of nitro groups is 1. The van der Waals surface area contributed by atoms with E-state index >= 15 is 0 Å². The molecule has 0 radical (unpaired) electrons. The Morgan fingerprint density at radius 3 is 2.55 bits per heavy atom. The van der Waals surface area contributed by atoms with E-state index in [1.165, 1.54) is 4.57 Å². The number of hydrogen-bond donors (Lipinski definition) is 1. The van der Waals surface area contributed by atoms with Crippen molar-refractivity contribution in [3.63, 3.8) is 0 Å². The third-order valence-corrected chi connectivity index (χ3v) is 3.48. The Labute approximate surface area is 121 Å². The Kier molecular flexibility index (Phi) is 6.00. The standard InChI is InChI=1S/C12H19N3O4S/c1-3-13-8-10(15(18)19)11(16)14(12(13)17)6-4-9(2)5-7-20/h8-9,20H,3-7H2,1-2H3. The fraction of sp³-hybridized carbons (Fsp3) is 0.667. The van der Waals surface area contributed by atoms with Crippen molar-refractivity contribution in [3.8, 4) is 0 Å². The van der Waals surface area contributed by atoms with Gasteiger partial charge >= 0.3 is 16.9 Å². The van der Waals surface area contributed by atoms with Gasteiger partial charge in [0.15, 0.2) is 0 Å². The lowest BCUT2D eigenvalue weighted by atomic mass is 10.1. The van der Waals surface area contributed by atoms with Crippen LogP contribution >= 0.6 is 12.6 Å². The molecule has 0 aromatic carbocycles. The van der Waals surface area contributed by atoms with E-state index in [1.54, 1.807) is 6.92 Å². The number of hydrogen-bond acceptors (Lipinski definition) is 5. The molecule has 0 spiro atoms. The highest BCUT2D eigenvalue weighted by Gasteiger charge is 2.19. The molecule has 112 valence electrons. The molecule has 0 aliphatic rings. The summed E-state index contributed by atoms with van der Waals surface area (Å²) >= 11 is 4.13. The Morgan fingerprint density at radius 1 is 1.40 bits per heavy atom. The Balaban J connectivity index is 3.17. The van der Waals surface area contributed by atoms with E-state index in [1.807, 2.05) is 6.92 Å². The third-order valence-electron chi connectivity index (χ3n) is 3.22.